The molecule has 0 bridgehead atoms. The molecule has 1 saturated carbocycles. The van der Waals surface area contributed by atoms with Gasteiger partial charge >= 0.3 is 0 Å². The van der Waals surface area contributed by atoms with E-state index >= 15 is 0 Å². The molecule has 0 spiro atoms. The van der Waals surface area contributed by atoms with Gasteiger partial charge in [0.1, 0.15) is 0 Å². The number of hydrogen-bond acceptors (Lipinski definition) is 2. The van der Waals surface area contributed by atoms with Gasteiger partial charge in [-0.15, -0.1) is 0 Å². The Labute approximate surface area is 99.3 Å². The van der Waals surface area contributed by atoms with Gasteiger partial charge in [0.2, 0.25) is 5.96 Å². The van der Waals surface area contributed by atoms with E-state index in [1.807, 2.05) is 0 Å². The number of nitrogens with two attached hydrogens (primary N) is 1. The lowest BCUT2D eigenvalue weighted by Gasteiger charge is -2.25. The molecule has 0 saturated heterocycles. The standard InChI is InChI=1S/C12H26N4/c1-3-5-9-16(10-6-4-2)12(15-13)14-11-7-8-11/h11H,3-10,13H2,1-2H3,(H,14,15). The van der Waals surface area contributed by atoms with Crippen LogP contribution in [0.15, 0.2) is 4.99 Å². The summed E-state index contributed by atoms with van der Waals surface area (Å²) in [5.41, 5.74) is 2.77. The normalized spacial score (nSPS) is 16.3. The van der Waals surface area contributed by atoms with Crippen molar-refractivity contribution in [2.75, 3.05) is 13.1 Å². The summed E-state index contributed by atoms with van der Waals surface area (Å²) in [5, 5.41) is 0. The van der Waals surface area contributed by atoms with Gasteiger partial charge in [-0.3, -0.25) is 5.43 Å². The Morgan fingerprint density at radius 1 is 1.25 bits per heavy atom. The molecule has 0 heterocycles. The highest BCUT2D eigenvalue weighted by molar-refractivity contribution is 5.79. The second kappa shape index (κ2) is 7.49. The molecule has 4 nitrogen and oxygen atoms in total. The van der Waals surface area contributed by atoms with Gasteiger partial charge in [0.25, 0.3) is 0 Å². The van der Waals surface area contributed by atoms with Crippen LogP contribution in [-0.4, -0.2) is 30.0 Å². The van der Waals surface area contributed by atoms with E-state index in [1.165, 1.54) is 38.5 Å². The van der Waals surface area contributed by atoms with E-state index in [1.54, 1.807) is 0 Å². The zero-order valence-electron chi connectivity index (χ0n) is 10.7. The lowest BCUT2D eigenvalue weighted by atomic mass is 10.3. The molecule has 3 N–H and O–H groups in total. The molecule has 4 heteroatoms. The molecule has 0 atom stereocenters. The highest BCUT2D eigenvalue weighted by atomic mass is 15.4. The molecule has 0 aromatic rings. The van der Waals surface area contributed by atoms with Crippen LogP contribution >= 0.6 is 0 Å². The third-order valence-electron chi connectivity index (χ3n) is 2.84. The molecule has 0 unspecified atom stereocenters. The molecule has 0 radical (unpaired) electrons. The first-order chi connectivity index (χ1) is 7.81. The number of hydrazine groups is 1. The second-order valence-corrected chi connectivity index (χ2v) is 4.52. The van der Waals surface area contributed by atoms with Crippen LogP contribution in [0.1, 0.15) is 52.4 Å². The number of hydrogen-bond donors (Lipinski definition) is 2. The maximum atomic E-state index is 5.57. The van der Waals surface area contributed by atoms with Crippen LogP contribution in [0.5, 0.6) is 0 Å². The van der Waals surface area contributed by atoms with Crippen LogP contribution in [0, 0.1) is 0 Å². The maximum absolute atomic E-state index is 5.57. The molecule has 0 aliphatic heterocycles. The van der Waals surface area contributed by atoms with Gasteiger partial charge in [0.05, 0.1) is 6.04 Å². The van der Waals surface area contributed by atoms with Gasteiger partial charge in [-0.2, -0.15) is 0 Å². The Bertz CT molecular complexity index is 203. The number of nitrogens with zero attached hydrogens (tertiary/aromatic N) is 2. The van der Waals surface area contributed by atoms with E-state index in [4.69, 9.17) is 5.84 Å². The topological polar surface area (TPSA) is 53.6 Å². The molecule has 94 valence electrons. The van der Waals surface area contributed by atoms with Crippen molar-refractivity contribution in [1.29, 1.82) is 0 Å². The van der Waals surface area contributed by atoms with Crippen molar-refractivity contribution >= 4 is 5.96 Å². The fraction of sp³-hybridized carbons (Fsp3) is 0.917. The van der Waals surface area contributed by atoms with Crippen molar-refractivity contribution in [3.05, 3.63) is 0 Å². The number of rotatable bonds is 7. The summed E-state index contributed by atoms with van der Waals surface area (Å²) < 4.78 is 0. The third-order valence-corrected chi connectivity index (χ3v) is 2.84. The van der Waals surface area contributed by atoms with E-state index in [-0.39, 0.29) is 0 Å². The average molecular weight is 226 g/mol. The van der Waals surface area contributed by atoms with E-state index in [9.17, 15) is 0 Å². The number of guanidine groups is 1. The van der Waals surface area contributed by atoms with Gasteiger partial charge in [0.15, 0.2) is 0 Å². The summed E-state index contributed by atoms with van der Waals surface area (Å²) in [4.78, 5) is 6.92. The van der Waals surface area contributed by atoms with Crippen LogP contribution in [0.4, 0.5) is 0 Å². The first-order valence-corrected chi connectivity index (χ1v) is 6.61. The molecular weight excluding hydrogens is 200 g/mol. The predicted octanol–water partition coefficient (Wildman–Crippen LogP) is 1.87. The first kappa shape index (κ1) is 13.3. The SMILES string of the molecule is CCCCN(CCCC)C(=NC1CC1)NN. The van der Waals surface area contributed by atoms with Gasteiger partial charge in [0, 0.05) is 13.1 Å². The second-order valence-electron chi connectivity index (χ2n) is 4.52. The van der Waals surface area contributed by atoms with E-state index in [0.29, 0.717) is 6.04 Å². The first-order valence-electron chi connectivity index (χ1n) is 6.61. The summed E-state index contributed by atoms with van der Waals surface area (Å²) in [7, 11) is 0. The minimum absolute atomic E-state index is 0.525. The van der Waals surface area contributed by atoms with Gasteiger partial charge in [-0.1, -0.05) is 26.7 Å². The van der Waals surface area contributed by atoms with Gasteiger partial charge < -0.3 is 4.90 Å². The summed E-state index contributed by atoms with van der Waals surface area (Å²) in [6.45, 7) is 6.55. The zero-order valence-corrected chi connectivity index (χ0v) is 10.7. The Balaban J connectivity index is 2.48. The summed E-state index contributed by atoms with van der Waals surface area (Å²) in [5.74, 6) is 6.46. The van der Waals surface area contributed by atoms with Crippen LogP contribution in [-0.2, 0) is 0 Å². The molecule has 1 fully saturated rings. The fourth-order valence-corrected chi connectivity index (χ4v) is 1.61. The lowest BCUT2D eigenvalue weighted by Crippen LogP contribution is -2.45. The van der Waals surface area contributed by atoms with E-state index in [0.717, 1.165) is 19.0 Å². The summed E-state index contributed by atoms with van der Waals surface area (Å²) in [6.07, 6.45) is 7.28. The average Bonchev–Trinajstić information content (AvgIpc) is 3.11. The Kier molecular flexibility index (Phi) is 6.23. The van der Waals surface area contributed by atoms with Crippen molar-refractivity contribution in [2.45, 2.75) is 58.4 Å². The molecule has 16 heavy (non-hydrogen) atoms. The van der Waals surface area contributed by atoms with Crippen molar-refractivity contribution in [1.82, 2.24) is 10.3 Å². The number of unbranched alkanes of at least 4 members (excludes halogenated alkanes) is 2. The van der Waals surface area contributed by atoms with Crippen molar-refractivity contribution < 1.29 is 0 Å². The van der Waals surface area contributed by atoms with E-state index in [2.05, 4.69) is 29.2 Å². The van der Waals surface area contributed by atoms with E-state index < -0.39 is 0 Å². The fourth-order valence-electron chi connectivity index (χ4n) is 1.61. The molecule has 1 aliphatic carbocycles. The minimum atomic E-state index is 0.525. The maximum Gasteiger partial charge on any atom is 0.208 e. The highest BCUT2D eigenvalue weighted by Crippen LogP contribution is 2.23. The Hall–Kier alpha value is -0.770. The number of nitrogens with one attached hydrogen (secondary N) is 1. The monoisotopic (exact) mass is 226 g/mol. The van der Waals surface area contributed by atoms with Crippen LogP contribution < -0.4 is 11.3 Å². The number of aliphatic imine (C=N–C) groups is 1. The molecule has 0 aromatic heterocycles. The molecule has 0 aromatic carbocycles. The smallest absolute Gasteiger partial charge is 0.208 e. The molecule has 1 aliphatic rings. The largest absolute Gasteiger partial charge is 0.342 e. The van der Waals surface area contributed by atoms with Crippen LogP contribution in [0.3, 0.4) is 0 Å². The van der Waals surface area contributed by atoms with Crippen molar-refractivity contribution in [3.8, 4) is 0 Å². The van der Waals surface area contributed by atoms with Crippen LogP contribution in [0.25, 0.3) is 0 Å². The minimum Gasteiger partial charge on any atom is -0.342 e. The van der Waals surface area contributed by atoms with Crippen molar-refractivity contribution in [3.63, 3.8) is 0 Å². The van der Waals surface area contributed by atoms with Crippen LogP contribution in [0.2, 0.25) is 0 Å². The summed E-state index contributed by atoms with van der Waals surface area (Å²) >= 11 is 0. The third kappa shape index (κ3) is 4.84. The highest BCUT2D eigenvalue weighted by Gasteiger charge is 2.22. The molecule has 1 rings (SSSR count). The predicted molar refractivity (Wildman–Crippen MR) is 69.2 cm³/mol. The zero-order chi connectivity index (χ0) is 11.8. The lowest BCUT2D eigenvalue weighted by molar-refractivity contribution is 0.384. The molecular formula is C12H26N4. The Morgan fingerprint density at radius 3 is 2.19 bits per heavy atom. The molecule has 0 amide bonds. The quantitative estimate of drug-likeness (QED) is 0.301. The van der Waals surface area contributed by atoms with Gasteiger partial charge in [-0.05, 0) is 25.7 Å². The van der Waals surface area contributed by atoms with Gasteiger partial charge in [-0.25, -0.2) is 10.8 Å². The Morgan fingerprint density at radius 2 is 1.81 bits per heavy atom. The van der Waals surface area contributed by atoms with Crippen molar-refractivity contribution in [2.24, 2.45) is 10.8 Å². The summed E-state index contributed by atoms with van der Waals surface area (Å²) in [6, 6.07) is 0.525.